The van der Waals surface area contributed by atoms with Crippen LogP contribution in [0.2, 0.25) is 0 Å². The van der Waals surface area contributed by atoms with Crippen molar-refractivity contribution in [3.63, 3.8) is 0 Å². The fourth-order valence-corrected chi connectivity index (χ4v) is 6.41. The molecule has 0 amide bonds. The molecule has 0 unspecified atom stereocenters. The van der Waals surface area contributed by atoms with Gasteiger partial charge in [-0.15, -0.1) is 0 Å². The van der Waals surface area contributed by atoms with Crippen LogP contribution in [0.15, 0.2) is 52.1 Å². The topological polar surface area (TPSA) is 98.8 Å². The fourth-order valence-electron chi connectivity index (χ4n) is 5.54. The maximum atomic E-state index is 5.95. The number of methoxy groups -OCH3 is 3. The Morgan fingerprint density at radius 2 is 1.89 bits per heavy atom. The Balaban J connectivity index is 1.26. The molecule has 4 aromatic rings. The fraction of sp³-hybridized carbons (Fsp3) is 0.407. The summed E-state index contributed by atoms with van der Waals surface area (Å²) < 4.78 is 28.3. The molecule has 2 saturated heterocycles. The number of ether oxygens (including phenoxy) is 3. The lowest BCUT2D eigenvalue weighted by Crippen LogP contribution is -2.60. The van der Waals surface area contributed by atoms with Crippen LogP contribution >= 0.6 is 11.9 Å². The van der Waals surface area contributed by atoms with Gasteiger partial charge in [-0.1, -0.05) is 5.16 Å². The van der Waals surface area contributed by atoms with E-state index in [1.807, 2.05) is 35.1 Å². The van der Waals surface area contributed by atoms with Gasteiger partial charge in [-0.2, -0.15) is 5.10 Å². The maximum absolute atomic E-state index is 5.95. The van der Waals surface area contributed by atoms with E-state index in [9.17, 15) is 0 Å². The van der Waals surface area contributed by atoms with E-state index in [-0.39, 0.29) is 0 Å². The molecule has 10 nitrogen and oxygen atoms in total. The molecule has 2 aromatic heterocycles. The van der Waals surface area contributed by atoms with Gasteiger partial charge in [0.2, 0.25) is 0 Å². The van der Waals surface area contributed by atoms with Crippen molar-refractivity contribution in [2.45, 2.75) is 24.3 Å². The zero-order chi connectivity index (χ0) is 26.1. The van der Waals surface area contributed by atoms with Crippen LogP contribution in [0.1, 0.15) is 18.4 Å². The van der Waals surface area contributed by atoms with Gasteiger partial charge < -0.3 is 33.7 Å². The number of hydrogen-bond donors (Lipinski definition) is 2. The first-order valence-corrected chi connectivity index (χ1v) is 13.5. The smallest absolute Gasteiger partial charge is 0.191 e. The summed E-state index contributed by atoms with van der Waals surface area (Å²) in [7, 11) is 5.02. The van der Waals surface area contributed by atoms with Crippen LogP contribution in [-0.4, -0.2) is 62.4 Å². The second kappa shape index (κ2) is 10.3. The highest BCUT2D eigenvalue weighted by molar-refractivity contribution is 8.00. The normalized spacial score (nSPS) is 16.4. The summed E-state index contributed by atoms with van der Waals surface area (Å²) >= 11 is 1.39. The number of nitrogens with one attached hydrogen (secondary N) is 2. The Kier molecular flexibility index (Phi) is 6.71. The van der Waals surface area contributed by atoms with Gasteiger partial charge in [0.1, 0.15) is 21.8 Å². The number of aromatic nitrogens is 3. The van der Waals surface area contributed by atoms with Crippen LogP contribution in [0.4, 0.5) is 11.5 Å². The van der Waals surface area contributed by atoms with E-state index in [0.717, 1.165) is 59.2 Å². The molecule has 4 heterocycles. The Morgan fingerprint density at radius 3 is 2.61 bits per heavy atom. The second-order valence-corrected chi connectivity index (χ2v) is 10.7. The number of nitrogens with zero attached hydrogens (tertiary/aromatic N) is 4. The highest BCUT2D eigenvalue weighted by Crippen LogP contribution is 2.49. The van der Waals surface area contributed by atoms with E-state index in [1.165, 1.54) is 24.8 Å². The van der Waals surface area contributed by atoms with E-state index in [2.05, 4.69) is 31.3 Å². The van der Waals surface area contributed by atoms with Crippen LogP contribution in [0.5, 0.6) is 17.2 Å². The van der Waals surface area contributed by atoms with Gasteiger partial charge in [0, 0.05) is 30.9 Å². The minimum absolute atomic E-state index is 0.411. The van der Waals surface area contributed by atoms with Crippen molar-refractivity contribution in [2.75, 3.05) is 57.1 Å². The molecule has 2 aliphatic heterocycles. The lowest BCUT2D eigenvalue weighted by molar-refractivity contribution is 0.149. The summed E-state index contributed by atoms with van der Waals surface area (Å²) in [6, 6.07) is 9.93. The van der Waals surface area contributed by atoms with Crippen LogP contribution in [0.25, 0.3) is 11.0 Å². The third kappa shape index (κ3) is 4.49. The molecule has 2 N–H and O–H groups in total. The number of hydrogen-bond acceptors (Lipinski definition) is 10. The molecule has 38 heavy (non-hydrogen) atoms. The number of anilines is 2. The summed E-state index contributed by atoms with van der Waals surface area (Å²) in [4.78, 5) is 3.26. The van der Waals surface area contributed by atoms with Crippen molar-refractivity contribution < 1.29 is 18.7 Å². The summed E-state index contributed by atoms with van der Waals surface area (Å²) in [5.41, 5.74) is 3.13. The van der Waals surface area contributed by atoms with Gasteiger partial charge >= 0.3 is 0 Å². The van der Waals surface area contributed by atoms with Crippen molar-refractivity contribution in [2.24, 2.45) is 5.41 Å². The van der Waals surface area contributed by atoms with Crippen LogP contribution in [0.3, 0.4) is 0 Å². The quantitative estimate of drug-likeness (QED) is 0.299. The van der Waals surface area contributed by atoms with Crippen molar-refractivity contribution >= 4 is 34.4 Å². The molecule has 1 spiro atoms. The molecule has 2 aromatic carbocycles. The first-order chi connectivity index (χ1) is 18.6. The highest BCUT2D eigenvalue weighted by Gasteiger charge is 2.44. The molecular formula is C27H32N6O4S. The van der Waals surface area contributed by atoms with Gasteiger partial charge in [0.25, 0.3) is 0 Å². The molecule has 0 bridgehead atoms. The van der Waals surface area contributed by atoms with Crippen molar-refractivity contribution in [3.8, 4) is 17.2 Å². The lowest BCUT2D eigenvalue weighted by atomic mass is 9.72. The molecule has 0 atom stereocenters. The summed E-state index contributed by atoms with van der Waals surface area (Å²) in [5, 5.41) is 12.8. The van der Waals surface area contributed by atoms with E-state index in [0.29, 0.717) is 29.1 Å². The Hall–Kier alpha value is -3.57. The standard InChI is InChI=1S/C27H32N6O4S/c1-34-20-6-5-19(32-16-27(17-32)7-10-28-11-8-27)24(36-3)25(20)38-31-26-23-21(35-2)13-18(14-22(23)37-30-26)15-33-12-4-9-29-33/h4-6,9,12-14,28H,7-8,10-11,15-17H2,1-3H3,(H,30,31). The van der Waals surface area contributed by atoms with Crippen molar-refractivity contribution in [3.05, 3.63) is 48.3 Å². The molecule has 200 valence electrons. The summed E-state index contributed by atoms with van der Waals surface area (Å²) in [6.45, 7) is 4.88. The summed E-state index contributed by atoms with van der Waals surface area (Å²) in [5.74, 6) is 2.75. The molecular weight excluding hydrogens is 504 g/mol. The average Bonchev–Trinajstić information content (AvgIpc) is 3.60. The molecule has 0 radical (unpaired) electrons. The largest absolute Gasteiger partial charge is 0.496 e. The monoisotopic (exact) mass is 536 g/mol. The van der Waals surface area contributed by atoms with Crippen LogP contribution in [-0.2, 0) is 6.54 Å². The number of rotatable bonds is 9. The minimum atomic E-state index is 0.411. The van der Waals surface area contributed by atoms with E-state index in [1.54, 1.807) is 27.5 Å². The highest BCUT2D eigenvalue weighted by atomic mass is 32.2. The molecule has 0 aliphatic carbocycles. The molecule has 2 fully saturated rings. The minimum Gasteiger partial charge on any atom is -0.496 e. The predicted molar refractivity (Wildman–Crippen MR) is 148 cm³/mol. The van der Waals surface area contributed by atoms with E-state index in [4.69, 9.17) is 18.7 Å². The number of fused-ring (bicyclic) bond motifs is 1. The van der Waals surface area contributed by atoms with Gasteiger partial charge in [0.05, 0.1) is 33.6 Å². The average molecular weight is 537 g/mol. The first-order valence-electron chi connectivity index (χ1n) is 12.7. The Labute approximate surface area is 225 Å². The van der Waals surface area contributed by atoms with Gasteiger partial charge in [-0.25, -0.2) is 0 Å². The molecule has 11 heteroatoms. The van der Waals surface area contributed by atoms with Gasteiger partial charge in [-0.05, 0) is 73.8 Å². The van der Waals surface area contributed by atoms with Crippen molar-refractivity contribution in [1.29, 1.82) is 0 Å². The zero-order valence-electron chi connectivity index (χ0n) is 21.8. The van der Waals surface area contributed by atoms with Crippen molar-refractivity contribution in [1.82, 2.24) is 20.3 Å². The Morgan fingerprint density at radius 1 is 1.08 bits per heavy atom. The number of benzene rings is 2. The molecule has 2 aliphatic rings. The zero-order valence-corrected chi connectivity index (χ0v) is 22.6. The molecule has 0 saturated carbocycles. The predicted octanol–water partition coefficient (Wildman–Crippen LogP) is 4.41. The lowest BCUT2D eigenvalue weighted by Gasteiger charge is -2.53. The SMILES string of the molecule is COc1ccc(N2CC3(CCNCC3)C2)c(OC)c1SNc1noc2cc(Cn3cccn3)cc(OC)c12. The number of piperidine rings is 1. The summed E-state index contributed by atoms with van der Waals surface area (Å²) in [6.07, 6.45) is 6.11. The van der Waals surface area contributed by atoms with Gasteiger partial charge in [-0.3, -0.25) is 4.68 Å². The Bertz CT molecular complexity index is 1410. The van der Waals surface area contributed by atoms with Crippen LogP contribution < -0.4 is 29.1 Å². The third-order valence-corrected chi connectivity index (χ3v) is 8.39. The first kappa shape index (κ1) is 24.7. The maximum Gasteiger partial charge on any atom is 0.191 e. The van der Waals surface area contributed by atoms with E-state index < -0.39 is 0 Å². The molecule has 6 rings (SSSR count). The van der Waals surface area contributed by atoms with Crippen LogP contribution in [0, 0.1) is 5.41 Å². The third-order valence-electron chi connectivity index (χ3n) is 7.51. The van der Waals surface area contributed by atoms with Gasteiger partial charge in [0.15, 0.2) is 17.2 Å². The van der Waals surface area contributed by atoms with E-state index >= 15 is 0 Å². The second-order valence-electron chi connectivity index (χ2n) is 9.87.